The van der Waals surface area contributed by atoms with Crippen molar-refractivity contribution in [1.29, 1.82) is 0 Å². The zero-order chi connectivity index (χ0) is 20.4. The first-order valence-electron chi connectivity index (χ1n) is 9.81. The quantitative estimate of drug-likeness (QED) is 0.308. The van der Waals surface area contributed by atoms with Gasteiger partial charge in [0, 0.05) is 5.69 Å². The Hall–Kier alpha value is -2.75. The number of benzene rings is 2. The first-order valence-corrected chi connectivity index (χ1v) is 9.81. The smallest absolute Gasteiger partial charge is 0.336 e. The number of rotatable bonds is 11. The predicted molar refractivity (Wildman–Crippen MR) is 115 cm³/mol. The predicted octanol–water partition coefficient (Wildman–Crippen LogP) is 5.70. The second-order valence-electron chi connectivity index (χ2n) is 7.11. The second-order valence-corrected chi connectivity index (χ2v) is 7.11. The molecule has 0 saturated heterocycles. The lowest BCUT2D eigenvalue weighted by molar-refractivity contribution is -0.153. The van der Waals surface area contributed by atoms with Gasteiger partial charge in [0.25, 0.3) is 0 Å². The van der Waals surface area contributed by atoms with E-state index in [0.717, 1.165) is 36.3 Å². The van der Waals surface area contributed by atoms with Crippen LogP contribution >= 0.6 is 0 Å². The fourth-order valence-corrected chi connectivity index (χ4v) is 3.19. The molecular weight excluding hydrogens is 350 g/mol. The fourth-order valence-electron chi connectivity index (χ4n) is 3.19. The van der Waals surface area contributed by atoms with Crippen LogP contribution in [0.5, 0.6) is 5.75 Å². The van der Waals surface area contributed by atoms with Crippen molar-refractivity contribution in [3.8, 4) is 5.75 Å². The average molecular weight is 382 g/mol. The van der Waals surface area contributed by atoms with Gasteiger partial charge in [0.15, 0.2) is 5.54 Å². The van der Waals surface area contributed by atoms with Gasteiger partial charge in [0.05, 0.1) is 13.2 Å². The maximum Gasteiger partial charge on any atom is 0.336 e. The Labute approximate surface area is 168 Å². The molecule has 0 radical (unpaired) electrons. The highest BCUT2D eigenvalue weighted by molar-refractivity contribution is 5.86. The number of esters is 1. The molecule has 0 unspecified atom stereocenters. The Morgan fingerprint density at radius 3 is 2.36 bits per heavy atom. The molecular formula is C24H31NO3. The zero-order valence-corrected chi connectivity index (χ0v) is 17.1. The molecule has 0 fully saturated rings. The Kier molecular flexibility index (Phi) is 8.12. The van der Waals surface area contributed by atoms with Crippen LogP contribution < -0.4 is 10.1 Å². The van der Waals surface area contributed by atoms with Crippen molar-refractivity contribution in [1.82, 2.24) is 0 Å². The fraction of sp³-hybridized carbons (Fsp3) is 0.375. The summed E-state index contributed by atoms with van der Waals surface area (Å²) in [4.78, 5) is 13.3. The van der Waals surface area contributed by atoms with E-state index in [4.69, 9.17) is 9.47 Å². The lowest BCUT2D eigenvalue weighted by Crippen LogP contribution is -2.45. The van der Waals surface area contributed by atoms with Crippen LogP contribution in [0.15, 0.2) is 67.3 Å². The number of allylic oxidation sites excluding steroid dienone is 1. The van der Waals surface area contributed by atoms with E-state index in [9.17, 15) is 4.79 Å². The van der Waals surface area contributed by atoms with Crippen LogP contribution in [0, 0.1) is 0 Å². The minimum absolute atomic E-state index is 0.193. The molecule has 0 spiro atoms. The number of anilines is 1. The zero-order valence-electron chi connectivity index (χ0n) is 17.1. The number of methoxy groups -OCH3 is 1. The van der Waals surface area contributed by atoms with Crippen molar-refractivity contribution in [3.63, 3.8) is 0 Å². The number of hydrogen-bond acceptors (Lipinski definition) is 4. The van der Waals surface area contributed by atoms with Crippen molar-refractivity contribution < 1.29 is 14.3 Å². The molecule has 0 heterocycles. The highest BCUT2D eigenvalue weighted by Crippen LogP contribution is 2.34. The summed E-state index contributed by atoms with van der Waals surface area (Å²) >= 11 is 0. The maximum atomic E-state index is 13.3. The number of nitrogens with one attached hydrogen (secondary N) is 1. The molecule has 2 aromatic rings. The number of carbonyl (C=O) groups is 1. The van der Waals surface area contributed by atoms with E-state index in [1.54, 1.807) is 7.11 Å². The van der Waals surface area contributed by atoms with Crippen LogP contribution in [0.2, 0.25) is 0 Å². The van der Waals surface area contributed by atoms with Crippen LogP contribution in [-0.4, -0.2) is 19.2 Å². The first kappa shape index (κ1) is 21.5. The molecule has 150 valence electrons. The third-order valence-electron chi connectivity index (χ3n) is 4.62. The molecule has 1 N–H and O–H groups in total. The van der Waals surface area contributed by atoms with Crippen molar-refractivity contribution in [2.75, 3.05) is 12.4 Å². The van der Waals surface area contributed by atoms with Crippen molar-refractivity contribution in [2.24, 2.45) is 0 Å². The van der Waals surface area contributed by atoms with Gasteiger partial charge in [-0.25, -0.2) is 4.79 Å². The van der Waals surface area contributed by atoms with Gasteiger partial charge in [0.1, 0.15) is 5.75 Å². The number of carbonyl (C=O) groups excluding carboxylic acids is 1. The van der Waals surface area contributed by atoms with Gasteiger partial charge in [-0.1, -0.05) is 36.4 Å². The van der Waals surface area contributed by atoms with Gasteiger partial charge in [0.2, 0.25) is 0 Å². The molecule has 0 aromatic heterocycles. The van der Waals surface area contributed by atoms with Gasteiger partial charge >= 0.3 is 5.97 Å². The van der Waals surface area contributed by atoms with Crippen LogP contribution in [0.4, 0.5) is 5.69 Å². The molecule has 0 bridgehead atoms. The van der Waals surface area contributed by atoms with Gasteiger partial charge in [-0.15, -0.1) is 6.58 Å². The van der Waals surface area contributed by atoms with Gasteiger partial charge in [-0.3, -0.25) is 0 Å². The van der Waals surface area contributed by atoms with E-state index in [1.807, 2.05) is 74.5 Å². The summed E-state index contributed by atoms with van der Waals surface area (Å²) in [6, 6.07) is 17.4. The van der Waals surface area contributed by atoms with E-state index in [0.29, 0.717) is 6.42 Å². The third-order valence-corrected chi connectivity index (χ3v) is 4.62. The molecule has 1 atom stereocenters. The van der Waals surface area contributed by atoms with E-state index >= 15 is 0 Å². The number of ether oxygens (including phenoxy) is 2. The summed E-state index contributed by atoms with van der Waals surface area (Å²) < 4.78 is 10.9. The maximum absolute atomic E-state index is 13.3. The molecule has 2 aromatic carbocycles. The van der Waals surface area contributed by atoms with E-state index in [-0.39, 0.29) is 12.1 Å². The normalized spacial score (nSPS) is 12.9. The monoisotopic (exact) mass is 381 g/mol. The Balaban J connectivity index is 2.43. The second kappa shape index (κ2) is 10.5. The highest BCUT2D eigenvalue weighted by Gasteiger charge is 2.41. The minimum atomic E-state index is -0.957. The molecule has 28 heavy (non-hydrogen) atoms. The van der Waals surface area contributed by atoms with Gasteiger partial charge in [-0.2, -0.15) is 0 Å². The molecule has 0 aliphatic heterocycles. The van der Waals surface area contributed by atoms with Crippen LogP contribution in [0.3, 0.4) is 0 Å². The van der Waals surface area contributed by atoms with E-state index in [2.05, 4.69) is 11.9 Å². The molecule has 4 heteroatoms. The Morgan fingerprint density at radius 1 is 1.11 bits per heavy atom. The van der Waals surface area contributed by atoms with Crippen molar-refractivity contribution in [2.45, 2.75) is 51.2 Å². The standard InChI is InChI=1S/C24H31NO3/c1-5-6-7-11-18-24(23(26)28-19(2)3,20-12-9-8-10-13-20)25-21-14-16-22(27-4)17-15-21/h5,8-10,12-17,19,25H,1,6-7,11,18H2,2-4H3/t24-/m0/s1. The molecule has 2 rings (SSSR count). The lowest BCUT2D eigenvalue weighted by atomic mass is 9.84. The summed E-state index contributed by atoms with van der Waals surface area (Å²) in [5.41, 5.74) is 0.783. The summed E-state index contributed by atoms with van der Waals surface area (Å²) in [6.45, 7) is 7.54. The summed E-state index contributed by atoms with van der Waals surface area (Å²) in [5, 5.41) is 3.49. The lowest BCUT2D eigenvalue weighted by Gasteiger charge is -2.35. The molecule has 0 amide bonds. The Morgan fingerprint density at radius 2 is 1.79 bits per heavy atom. The summed E-state index contributed by atoms with van der Waals surface area (Å²) in [5.74, 6) is 0.509. The minimum Gasteiger partial charge on any atom is -0.497 e. The van der Waals surface area contributed by atoms with Crippen LogP contribution in [-0.2, 0) is 15.1 Å². The molecule has 0 aliphatic carbocycles. The van der Waals surface area contributed by atoms with E-state index < -0.39 is 5.54 Å². The van der Waals surface area contributed by atoms with Crippen LogP contribution in [0.25, 0.3) is 0 Å². The largest absolute Gasteiger partial charge is 0.497 e. The summed E-state index contributed by atoms with van der Waals surface area (Å²) in [7, 11) is 1.64. The number of hydrogen-bond donors (Lipinski definition) is 1. The molecule has 0 saturated carbocycles. The highest BCUT2D eigenvalue weighted by atomic mass is 16.5. The summed E-state index contributed by atoms with van der Waals surface area (Å²) in [6.07, 6.45) is 5.11. The topological polar surface area (TPSA) is 47.6 Å². The van der Waals surface area contributed by atoms with Crippen LogP contribution in [0.1, 0.15) is 45.1 Å². The third kappa shape index (κ3) is 5.62. The molecule has 0 aliphatic rings. The Bertz CT molecular complexity index is 740. The number of unbranched alkanes of at least 4 members (excludes halogenated alkanes) is 2. The molecule has 4 nitrogen and oxygen atoms in total. The van der Waals surface area contributed by atoms with Crippen molar-refractivity contribution >= 4 is 11.7 Å². The first-order chi connectivity index (χ1) is 13.5. The van der Waals surface area contributed by atoms with E-state index in [1.165, 1.54) is 0 Å². The SMILES string of the molecule is C=CCCCC[C@@](Nc1ccc(OC)cc1)(C(=O)OC(C)C)c1ccccc1. The van der Waals surface area contributed by atoms with Gasteiger partial charge in [-0.05, 0) is 69.4 Å². The van der Waals surface area contributed by atoms with Crippen molar-refractivity contribution in [3.05, 3.63) is 72.8 Å². The average Bonchev–Trinajstić information content (AvgIpc) is 2.71. The van der Waals surface area contributed by atoms with Gasteiger partial charge < -0.3 is 14.8 Å².